The summed E-state index contributed by atoms with van der Waals surface area (Å²) in [6.45, 7) is 5.65. The Labute approximate surface area is 127 Å². The third-order valence-electron chi connectivity index (χ3n) is 3.01. The van der Waals surface area contributed by atoms with Gasteiger partial charge < -0.3 is 15.4 Å². The van der Waals surface area contributed by atoms with Crippen molar-refractivity contribution in [2.24, 2.45) is 0 Å². The number of nitrogens with one attached hydrogen (secondary N) is 2. The fraction of sp³-hybridized carbons (Fsp3) is 0.917. The molecule has 1 amide bonds. The summed E-state index contributed by atoms with van der Waals surface area (Å²) in [6.07, 6.45) is 1.96. The number of halogens is 1. The monoisotopic (exact) mass is 328 g/mol. The molecule has 1 atom stereocenters. The summed E-state index contributed by atoms with van der Waals surface area (Å²) in [5.41, 5.74) is -0.518. The van der Waals surface area contributed by atoms with E-state index in [0.29, 0.717) is 26.1 Å². The zero-order chi connectivity index (χ0) is 14.5. The smallest absolute Gasteiger partial charge is 0.222 e. The summed E-state index contributed by atoms with van der Waals surface area (Å²) in [5, 5.41) is 6.09. The highest BCUT2D eigenvalue weighted by Gasteiger charge is 2.24. The summed E-state index contributed by atoms with van der Waals surface area (Å²) >= 11 is 0. The Morgan fingerprint density at radius 3 is 2.60 bits per heavy atom. The van der Waals surface area contributed by atoms with Gasteiger partial charge in [-0.3, -0.25) is 4.79 Å². The molecule has 1 unspecified atom stereocenters. The number of carbonyl (C=O) groups excluding carboxylic acids is 1. The zero-order valence-electron chi connectivity index (χ0n) is 12.3. The minimum absolute atomic E-state index is 0. The molecule has 20 heavy (non-hydrogen) atoms. The summed E-state index contributed by atoms with van der Waals surface area (Å²) < 4.78 is 27.6. The van der Waals surface area contributed by atoms with Crippen molar-refractivity contribution in [2.75, 3.05) is 31.8 Å². The summed E-state index contributed by atoms with van der Waals surface area (Å²) in [4.78, 5) is 11.9. The maximum atomic E-state index is 11.9. The van der Waals surface area contributed by atoms with Crippen LogP contribution in [0.1, 0.15) is 26.7 Å². The number of carbonyl (C=O) groups is 1. The van der Waals surface area contributed by atoms with Crippen LogP contribution in [-0.4, -0.2) is 57.7 Å². The zero-order valence-corrected chi connectivity index (χ0v) is 13.9. The summed E-state index contributed by atoms with van der Waals surface area (Å²) in [6, 6.07) is 0.0412. The van der Waals surface area contributed by atoms with E-state index in [0.717, 1.165) is 6.54 Å². The molecular weight excluding hydrogens is 304 g/mol. The maximum absolute atomic E-state index is 11.9. The number of amides is 1. The molecule has 1 fully saturated rings. The average molecular weight is 329 g/mol. The first-order valence-electron chi connectivity index (χ1n) is 6.48. The van der Waals surface area contributed by atoms with E-state index in [9.17, 15) is 13.2 Å². The van der Waals surface area contributed by atoms with Gasteiger partial charge in [-0.15, -0.1) is 12.4 Å². The van der Waals surface area contributed by atoms with Crippen molar-refractivity contribution in [2.45, 2.75) is 38.3 Å². The van der Waals surface area contributed by atoms with Gasteiger partial charge in [0.15, 0.2) is 0 Å². The van der Waals surface area contributed by atoms with Crippen LogP contribution in [0.15, 0.2) is 0 Å². The number of ether oxygens (including phenoxy) is 1. The van der Waals surface area contributed by atoms with Crippen LogP contribution in [0.2, 0.25) is 0 Å². The largest absolute Gasteiger partial charge is 0.378 e. The molecule has 0 aromatic rings. The summed E-state index contributed by atoms with van der Waals surface area (Å²) in [7, 11) is -3.00. The maximum Gasteiger partial charge on any atom is 0.222 e. The van der Waals surface area contributed by atoms with Crippen LogP contribution in [0.5, 0.6) is 0 Å². The standard InChI is InChI=1S/C12H24N2O4S.ClH/c1-12(2,4-7-19(3,16)17)14-11(15)8-10-9-18-6-5-13-10;/h10,13H,4-9H2,1-3H3,(H,14,15);1H. The highest BCUT2D eigenvalue weighted by Crippen LogP contribution is 2.11. The Balaban J connectivity index is 0.00000361. The third-order valence-corrected chi connectivity index (χ3v) is 3.95. The Morgan fingerprint density at radius 2 is 2.10 bits per heavy atom. The molecule has 0 saturated carbocycles. The second-order valence-electron chi connectivity index (χ2n) is 5.74. The molecule has 0 radical (unpaired) electrons. The molecule has 0 bridgehead atoms. The van der Waals surface area contributed by atoms with Crippen LogP contribution < -0.4 is 10.6 Å². The molecule has 120 valence electrons. The van der Waals surface area contributed by atoms with E-state index < -0.39 is 15.4 Å². The van der Waals surface area contributed by atoms with Gasteiger partial charge in [0.05, 0.1) is 19.0 Å². The second-order valence-corrected chi connectivity index (χ2v) is 8.00. The number of hydrogen-bond donors (Lipinski definition) is 2. The molecule has 0 spiro atoms. The first-order chi connectivity index (χ1) is 8.68. The van der Waals surface area contributed by atoms with Gasteiger partial charge in [-0.1, -0.05) is 0 Å². The SMILES string of the molecule is CC(C)(CCS(C)(=O)=O)NC(=O)CC1COCCN1.Cl. The molecule has 1 aliphatic heterocycles. The van der Waals surface area contributed by atoms with Crippen molar-refractivity contribution < 1.29 is 17.9 Å². The Kier molecular flexibility index (Phi) is 8.01. The van der Waals surface area contributed by atoms with Gasteiger partial charge in [-0.05, 0) is 20.3 Å². The number of hydrogen-bond acceptors (Lipinski definition) is 5. The van der Waals surface area contributed by atoms with E-state index in [2.05, 4.69) is 10.6 Å². The lowest BCUT2D eigenvalue weighted by Gasteiger charge is -2.28. The molecule has 1 heterocycles. The number of sulfone groups is 1. The second kappa shape index (κ2) is 8.17. The predicted molar refractivity (Wildman–Crippen MR) is 81.0 cm³/mol. The quantitative estimate of drug-likeness (QED) is 0.723. The Hall–Kier alpha value is -0.370. The molecule has 1 aliphatic rings. The minimum Gasteiger partial charge on any atom is -0.378 e. The molecule has 8 heteroatoms. The van der Waals surface area contributed by atoms with Crippen LogP contribution in [0, 0.1) is 0 Å². The highest BCUT2D eigenvalue weighted by molar-refractivity contribution is 7.90. The van der Waals surface area contributed by atoms with Gasteiger partial charge in [0, 0.05) is 30.8 Å². The molecule has 0 aromatic carbocycles. The van der Waals surface area contributed by atoms with Crippen molar-refractivity contribution in [3.05, 3.63) is 0 Å². The fourth-order valence-electron chi connectivity index (χ4n) is 1.91. The van der Waals surface area contributed by atoms with E-state index >= 15 is 0 Å². The minimum atomic E-state index is -3.00. The highest BCUT2D eigenvalue weighted by atomic mass is 35.5. The average Bonchev–Trinajstić information content (AvgIpc) is 2.26. The van der Waals surface area contributed by atoms with Crippen LogP contribution in [0.4, 0.5) is 0 Å². The predicted octanol–water partition coefficient (Wildman–Crippen LogP) is 0.116. The van der Waals surface area contributed by atoms with Gasteiger partial charge in [-0.25, -0.2) is 8.42 Å². The van der Waals surface area contributed by atoms with Gasteiger partial charge >= 0.3 is 0 Å². The molecule has 1 saturated heterocycles. The van der Waals surface area contributed by atoms with Gasteiger partial charge in [-0.2, -0.15) is 0 Å². The lowest BCUT2D eigenvalue weighted by Crippen LogP contribution is -2.49. The number of morpholine rings is 1. The molecule has 2 N–H and O–H groups in total. The molecular formula is C12H25ClN2O4S. The first kappa shape index (κ1) is 19.6. The van der Waals surface area contributed by atoms with Crippen molar-refractivity contribution in [3.63, 3.8) is 0 Å². The van der Waals surface area contributed by atoms with Gasteiger partial charge in [0.25, 0.3) is 0 Å². The third kappa shape index (κ3) is 8.73. The van der Waals surface area contributed by atoms with Crippen LogP contribution >= 0.6 is 12.4 Å². The first-order valence-corrected chi connectivity index (χ1v) is 8.54. The molecule has 0 aromatic heterocycles. The van der Waals surface area contributed by atoms with E-state index in [-0.39, 0.29) is 30.1 Å². The van der Waals surface area contributed by atoms with Crippen molar-refractivity contribution in [3.8, 4) is 0 Å². The number of rotatable bonds is 6. The van der Waals surface area contributed by atoms with E-state index in [1.54, 1.807) is 0 Å². The van der Waals surface area contributed by atoms with E-state index in [4.69, 9.17) is 4.74 Å². The van der Waals surface area contributed by atoms with Crippen LogP contribution in [0.25, 0.3) is 0 Å². The topological polar surface area (TPSA) is 84.5 Å². The molecule has 1 rings (SSSR count). The van der Waals surface area contributed by atoms with Crippen molar-refractivity contribution in [1.29, 1.82) is 0 Å². The van der Waals surface area contributed by atoms with Crippen molar-refractivity contribution in [1.82, 2.24) is 10.6 Å². The molecule has 6 nitrogen and oxygen atoms in total. The normalized spacial score (nSPS) is 20.1. The van der Waals surface area contributed by atoms with Crippen LogP contribution in [-0.2, 0) is 19.4 Å². The Bertz CT molecular complexity index is 406. The Morgan fingerprint density at radius 1 is 1.45 bits per heavy atom. The fourth-order valence-corrected chi connectivity index (χ4v) is 2.79. The van der Waals surface area contributed by atoms with Gasteiger partial charge in [0.2, 0.25) is 5.91 Å². The van der Waals surface area contributed by atoms with Gasteiger partial charge in [0.1, 0.15) is 9.84 Å². The van der Waals surface area contributed by atoms with E-state index in [1.807, 2.05) is 13.8 Å². The molecule has 0 aliphatic carbocycles. The van der Waals surface area contributed by atoms with Crippen molar-refractivity contribution >= 4 is 28.2 Å². The lowest BCUT2D eigenvalue weighted by atomic mass is 10.0. The lowest BCUT2D eigenvalue weighted by molar-refractivity contribution is -0.123. The van der Waals surface area contributed by atoms with E-state index in [1.165, 1.54) is 6.26 Å². The van der Waals surface area contributed by atoms with Crippen LogP contribution in [0.3, 0.4) is 0 Å². The summed E-state index contributed by atoms with van der Waals surface area (Å²) in [5.74, 6) is -0.00747.